The largest absolute Gasteiger partial charge is 0.321 e. The SMILES string of the molecule is Cc1ccccc1Cn1nc(C)c(NC(=O)Cn2nc(C(F)F)c(Br)c2C)c1C. The Bertz CT molecular complexity index is 1060. The summed E-state index contributed by atoms with van der Waals surface area (Å²) >= 11 is 3.11. The fraction of sp³-hybridized carbons (Fsp3) is 0.350. The van der Waals surface area contributed by atoms with Crippen molar-refractivity contribution in [2.75, 3.05) is 5.32 Å². The number of carbonyl (C=O) groups excluding carboxylic acids is 1. The van der Waals surface area contributed by atoms with Gasteiger partial charge >= 0.3 is 0 Å². The fourth-order valence-corrected chi connectivity index (χ4v) is 3.59. The second kappa shape index (κ2) is 8.44. The van der Waals surface area contributed by atoms with E-state index < -0.39 is 6.43 Å². The van der Waals surface area contributed by atoms with Crippen LogP contribution in [0, 0.1) is 27.7 Å². The van der Waals surface area contributed by atoms with Crippen molar-refractivity contribution in [3.05, 3.63) is 62.6 Å². The van der Waals surface area contributed by atoms with Crippen LogP contribution in [0.2, 0.25) is 0 Å². The summed E-state index contributed by atoms with van der Waals surface area (Å²) in [5.41, 5.74) is 4.56. The van der Waals surface area contributed by atoms with Gasteiger partial charge in [0.1, 0.15) is 12.2 Å². The van der Waals surface area contributed by atoms with Gasteiger partial charge in [0, 0.05) is 0 Å². The summed E-state index contributed by atoms with van der Waals surface area (Å²) in [5.74, 6) is -0.356. The molecule has 9 heteroatoms. The molecular weight excluding hydrogens is 444 g/mol. The molecule has 0 atom stereocenters. The molecule has 1 N–H and O–H groups in total. The molecule has 1 aromatic carbocycles. The van der Waals surface area contributed by atoms with Gasteiger partial charge in [-0.15, -0.1) is 0 Å². The number of alkyl halides is 2. The minimum atomic E-state index is -2.71. The van der Waals surface area contributed by atoms with Crippen LogP contribution in [0.25, 0.3) is 0 Å². The molecule has 0 fully saturated rings. The number of hydrogen-bond acceptors (Lipinski definition) is 3. The van der Waals surface area contributed by atoms with Crippen LogP contribution in [0.15, 0.2) is 28.7 Å². The average Bonchev–Trinajstić information content (AvgIpc) is 3.08. The highest BCUT2D eigenvalue weighted by Crippen LogP contribution is 2.29. The number of rotatable bonds is 6. The Morgan fingerprint density at radius 1 is 1.10 bits per heavy atom. The van der Waals surface area contributed by atoms with Crippen molar-refractivity contribution in [3.8, 4) is 0 Å². The van der Waals surface area contributed by atoms with E-state index in [9.17, 15) is 13.6 Å². The molecule has 0 saturated carbocycles. The second-order valence-corrected chi connectivity index (χ2v) is 7.71. The quantitative estimate of drug-likeness (QED) is 0.573. The lowest BCUT2D eigenvalue weighted by Gasteiger charge is -2.09. The summed E-state index contributed by atoms with van der Waals surface area (Å²) in [6.45, 7) is 7.81. The number of benzene rings is 1. The van der Waals surface area contributed by atoms with E-state index in [1.54, 1.807) is 6.92 Å². The van der Waals surface area contributed by atoms with E-state index in [1.807, 2.05) is 49.7 Å². The molecule has 0 unspecified atom stereocenters. The first-order chi connectivity index (χ1) is 13.7. The number of anilines is 1. The van der Waals surface area contributed by atoms with E-state index in [0.717, 1.165) is 11.3 Å². The van der Waals surface area contributed by atoms with Gasteiger partial charge in [-0.3, -0.25) is 14.2 Å². The van der Waals surface area contributed by atoms with E-state index in [4.69, 9.17) is 0 Å². The first-order valence-electron chi connectivity index (χ1n) is 9.08. The number of nitrogens with zero attached hydrogens (tertiary/aromatic N) is 4. The van der Waals surface area contributed by atoms with Crippen molar-refractivity contribution in [2.24, 2.45) is 0 Å². The predicted molar refractivity (Wildman–Crippen MR) is 110 cm³/mol. The first kappa shape index (κ1) is 21.2. The predicted octanol–water partition coefficient (Wildman–Crippen LogP) is 4.70. The minimum Gasteiger partial charge on any atom is -0.321 e. The molecule has 2 heterocycles. The Labute approximate surface area is 176 Å². The number of aryl methyl sites for hydroxylation is 2. The highest BCUT2D eigenvalue weighted by molar-refractivity contribution is 9.10. The Hall–Kier alpha value is -2.55. The van der Waals surface area contributed by atoms with Crippen LogP contribution >= 0.6 is 15.9 Å². The molecule has 0 spiro atoms. The molecule has 1 amide bonds. The van der Waals surface area contributed by atoms with Gasteiger partial charge in [-0.25, -0.2) is 8.78 Å². The van der Waals surface area contributed by atoms with Crippen LogP contribution in [-0.4, -0.2) is 25.5 Å². The van der Waals surface area contributed by atoms with E-state index in [2.05, 4.69) is 31.4 Å². The third-order valence-electron chi connectivity index (χ3n) is 4.89. The van der Waals surface area contributed by atoms with Crippen LogP contribution in [0.4, 0.5) is 14.5 Å². The highest BCUT2D eigenvalue weighted by atomic mass is 79.9. The molecule has 3 aromatic rings. The molecular formula is C20H22BrF2N5O. The highest BCUT2D eigenvalue weighted by Gasteiger charge is 2.22. The van der Waals surface area contributed by atoms with Gasteiger partial charge < -0.3 is 5.32 Å². The van der Waals surface area contributed by atoms with Crippen LogP contribution in [0.1, 0.15) is 40.3 Å². The maximum Gasteiger partial charge on any atom is 0.283 e. The van der Waals surface area contributed by atoms with Gasteiger partial charge in [0.25, 0.3) is 6.43 Å². The first-order valence-corrected chi connectivity index (χ1v) is 9.87. The van der Waals surface area contributed by atoms with Crippen molar-refractivity contribution in [3.63, 3.8) is 0 Å². The molecule has 0 saturated heterocycles. The Morgan fingerprint density at radius 3 is 2.41 bits per heavy atom. The second-order valence-electron chi connectivity index (χ2n) is 6.92. The fourth-order valence-electron chi connectivity index (χ4n) is 3.14. The number of hydrogen-bond donors (Lipinski definition) is 1. The van der Waals surface area contributed by atoms with Gasteiger partial charge in [0.05, 0.1) is 33.8 Å². The zero-order valence-electron chi connectivity index (χ0n) is 16.6. The van der Waals surface area contributed by atoms with E-state index in [1.165, 1.54) is 10.2 Å². The molecule has 6 nitrogen and oxygen atoms in total. The maximum atomic E-state index is 13.0. The van der Waals surface area contributed by atoms with Gasteiger partial charge in [-0.05, 0) is 54.8 Å². The van der Waals surface area contributed by atoms with Crippen molar-refractivity contribution < 1.29 is 13.6 Å². The summed E-state index contributed by atoms with van der Waals surface area (Å²) in [4.78, 5) is 12.5. The zero-order chi connectivity index (χ0) is 21.3. The van der Waals surface area contributed by atoms with Gasteiger partial charge in [0.15, 0.2) is 0 Å². The number of halogens is 3. The number of amides is 1. The Morgan fingerprint density at radius 2 is 1.79 bits per heavy atom. The summed E-state index contributed by atoms with van der Waals surface area (Å²) in [5, 5.41) is 11.2. The van der Waals surface area contributed by atoms with Crippen molar-refractivity contribution >= 4 is 27.5 Å². The zero-order valence-corrected chi connectivity index (χ0v) is 18.2. The maximum absolute atomic E-state index is 13.0. The van der Waals surface area contributed by atoms with Crippen LogP contribution in [0.5, 0.6) is 0 Å². The monoisotopic (exact) mass is 465 g/mol. The van der Waals surface area contributed by atoms with Crippen molar-refractivity contribution in [2.45, 2.75) is 47.2 Å². The summed E-state index contributed by atoms with van der Waals surface area (Å²) < 4.78 is 29.3. The van der Waals surface area contributed by atoms with Crippen molar-refractivity contribution in [1.29, 1.82) is 0 Å². The minimum absolute atomic E-state index is 0.168. The number of aromatic nitrogens is 4. The van der Waals surface area contributed by atoms with E-state index in [-0.39, 0.29) is 22.6 Å². The number of nitrogens with one attached hydrogen (secondary N) is 1. The van der Waals surface area contributed by atoms with Crippen LogP contribution in [-0.2, 0) is 17.9 Å². The molecule has 0 radical (unpaired) electrons. The summed E-state index contributed by atoms with van der Waals surface area (Å²) in [6, 6.07) is 8.06. The van der Waals surface area contributed by atoms with Gasteiger partial charge in [-0.1, -0.05) is 24.3 Å². The molecule has 154 valence electrons. The standard InChI is InChI=1S/C20H22BrF2N5O/c1-11-7-5-6-8-15(11)9-27-14(4)18(12(2)25-27)24-16(29)10-28-13(3)17(21)19(26-28)20(22)23/h5-8,20H,9-10H2,1-4H3,(H,24,29). The van der Waals surface area contributed by atoms with Gasteiger partial charge in [-0.2, -0.15) is 10.2 Å². The molecule has 3 rings (SSSR count). The molecule has 0 aliphatic heterocycles. The topological polar surface area (TPSA) is 64.7 Å². The molecule has 2 aromatic heterocycles. The van der Waals surface area contributed by atoms with Crippen LogP contribution < -0.4 is 5.32 Å². The molecule has 0 bridgehead atoms. The Kier molecular flexibility index (Phi) is 6.16. The third-order valence-corrected chi connectivity index (χ3v) is 5.87. The summed E-state index contributed by atoms with van der Waals surface area (Å²) in [7, 11) is 0. The van der Waals surface area contributed by atoms with Crippen LogP contribution in [0.3, 0.4) is 0 Å². The lowest BCUT2D eigenvalue weighted by atomic mass is 10.1. The molecule has 0 aliphatic carbocycles. The lowest BCUT2D eigenvalue weighted by Crippen LogP contribution is -2.21. The molecule has 0 aliphatic rings. The lowest BCUT2D eigenvalue weighted by molar-refractivity contribution is -0.117. The molecule has 29 heavy (non-hydrogen) atoms. The Balaban J connectivity index is 1.77. The smallest absolute Gasteiger partial charge is 0.283 e. The number of carbonyl (C=O) groups is 1. The van der Waals surface area contributed by atoms with E-state index >= 15 is 0 Å². The third kappa shape index (κ3) is 4.39. The summed E-state index contributed by atoms with van der Waals surface area (Å²) in [6.07, 6.45) is -2.71. The van der Waals surface area contributed by atoms with Gasteiger partial charge in [0.2, 0.25) is 5.91 Å². The normalized spacial score (nSPS) is 11.3. The average molecular weight is 466 g/mol. The van der Waals surface area contributed by atoms with Crippen molar-refractivity contribution in [1.82, 2.24) is 19.6 Å². The van der Waals surface area contributed by atoms with E-state index in [0.29, 0.717) is 23.6 Å².